The first kappa shape index (κ1) is 19.4. The SMILES string of the molecule is CNC(=O)c1cccc(-c2c(C)nc3ccc(-c4ccc(OC)c(OC)c4)nn23)c1. The molecule has 7 nitrogen and oxygen atoms in total. The topological polar surface area (TPSA) is 77.8 Å². The lowest BCUT2D eigenvalue weighted by Crippen LogP contribution is -2.17. The standard InChI is InChI=1S/C23H22N4O3/c1-14-22(16-6-5-7-17(12-16)23(28)24-2)27-21(25-14)11-9-18(26-27)15-8-10-19(29-3)20(13-15)30-4/h5-13H,1-4H3,(H,24,28). The zero-order chi connectivity index (χ0) is 21.3. The number of imidazole rings is 1. The van der Waals surface area contributed by atoms with Gasteiger partial charge in [-0.3, -0.25) is 4.79 Å². The van der Waals surface area contributed by atoms with E-state index in [0.717, 1.165) is 33.9 Å². The Morgan fingerprint density at radius 1 is 0.967 bits per heavy atom. The Bertz CT molecular complexity index is 1250. The van der Waals surface area contributed by atoms with Gasteiger partial charge in [-0.15, -0.1) is 0 Å². The fraction of sp³-hybridized carbons (Fsp3) is 0.174. The molecule has 2 aromatic carbocycles. The van der Waals surface area contributed by atoms with Gasteiger partial charge in [-0.05, 0) is 49.4 Å². The fourth-order valence-corrected chi connectivity index (χ4v) is 3.48. The molecule has 7 heteroatoms. The lowest BCUT2D eigenvalue weighted by atomic mass is 10.1. The summed E-state index contributed by atoms with van der Waals surface area (Å²) in [5.74, 6) is 1.16. The average Bonchev–Trinajstić information content (AvgIpc) is 3.12. The molecule has 0 spiro atoms. The van der Waals surface area contributed by atoms with Gasteiger partial charge in [-0.2, -0.15) is 5.10 Å². The van der Waals surface area contributed by atoms with Crippen LogP contribution in [0, 0.1) is 6.92 Å². The molecule has 1 amide bonds. The Hall–Kier alpha value is -3.87. The van der Waals surface area contributed by atoms with Gasteiger partial charge in [0.05, 0.1) is 31.3 Å². The minimum atomic E-state index is -0.137. The van der Waals surface area contributed by atoms with E-state index in [2.05, 4.69) is 10.3 Å². The number of methoxy groups -OCH3 is 2. The number of hydrogen-bond acceptors (Lipinski definition) is 5. The smallest absolute Gasteiger partial charge is 0.251 e. The van der Waals surface area contributed by atoms with Gasteiger partial charge in [0.15, 0.2) is 17.1 Å². The van der Waals surface area contributed by atoms with Gasteiger partial charge in [0, 0.05) is 23.7 Å². The number of carbonyl (C=O) groups excluding carboxylic acids is 1. The zero-order valence-corrected chi connectivity index (χ0v) is 17.3. The van der Waals surface area contributed by atoms with Crippen molar-refractivity contribution in [1.82, 2.24) is 19.9 Å². The first-order valence-electron chi connectivity index (χ1n) is 9.47. The summed E-state index contributed by atoms with van der Waals surface area (Å²) >= 11 is 0. The Labute approximate surface area is 174 Å². The molecule has 30 heavy (non-hydrogen) atoms. The number of benzene rings is 2. The summed E-state index contributed by atoms with van der Waals surface area (Å²) in [6.07, 6.45) is 0. The molecule has 0 saturated carbocycles. The van der Waals surface area contributed by atoms with Crippen molar-refractivity contribution in [3.05, 3.63) is 65.9 Å². The molecule has 4 rings (SSSR count). The number of amides is 1. The number of rotatable bonds is 5. The van der Waals surface area contributed by atoms with Gasteiger partial charge >= 0.3 is 0 Å². The predicted molar refractivity (Wildman–Crippen MR) is 115 cm³/mol. The first-order valence-corrected chi connectivity index (χ1v) is 9.47. The van der Waals surface area contributed by atoms with E-state index < -0.39 is 0 Å². The van der Waals surface area contributed by atoms with Crippen LogP contribution in [0.1, 0.15) is 16.1 Å². The van der Waals surface area contributed by atoms with Crippen molar-refractivity contribution in [2.24, 2.45) is 0 Å². The maximum atomic E-state index is 12.1. The number of carbonyl (C=O) groups is 1. The normalized spacial score (nSPS) is 10.8. The fourth-order valence-electron chi connectivity index (χ4n) is 3.48. The van der Waals surface area contributed by atoms with Crippen molar-refractivity contribution in [3.63, 3.8) is 0 Å². The van der Waals surface area contributed by atoms with Crippen molar-refractivity contribution >= 4 is 11.6 Å². The van der Waals surface area contributed by atoms with Crippen LogP contribution >= 0.6 is 0 Å². The molecule has 0 unspecified atom stereocenters. The maximum absolute atomic E-state index is 12.1. The van der Waals surface area contributed by atoms with Crippen molar-refractivity contribution in [3.8, 4) is 34.0 Å². The number of aromatic nitrogens is 3. The monoisotopic (exact) mass is 402 g/mol. The number of hydrogen-bond donors (Lipinski definition) is 1. The summed E-state index contributed by atoms with van der Waals surface area (Å²) in [4.78, 5) is 16.7. The number of aryl methyl sites for hydroxylation is 1. The van der Waals surface area contributed by atoms with Crippen LogP contribution < -0.4 is 14.8 Å². The third-order valence-corrected chi connectivity index (χ3v) is 4.96. The highest BCUT2D eigenvalue weighted by atomic mass is 16.5. The van der Waals surface area contributed by atoms with Crippen molar-refractivity contribution in [1.29, 1.82) is 0 Å². The number of fused-ring (bicyclic) bond motifs is 1. The molecule has 0 aliphatic rings. The second-order valence-corrected chi connectivity index (χ2v) is 6.76. The lowest BCUT2D eigenvalue weighted by Gasteiger charge is -2.10. The van der Waals surface area contributed by atoms with E-state index in [4.69, 9.17) is 14.6 Å². The van der Waals surface area contributed by atoms with Crippen LogP contribution in [0.4, 0.5) is 0 Å². The molecule has 0 saturated heterocycles. The molecule has 0 aliphatic carbocycles. The molecule has 0 bridgehead atoms. The van der Waals surface area contributed by atoms with Gasteiger partial charge < -0.3 is 14.8 Å². The predicted octanol–water partition coefficient (Wildman–Crippen LogP) is 3.75. The molecule has 4 aromatic rings. The molecule has 0 radical (unpaired) electrons. The molecule has 0 aliphatic heterocycles. The highest BCUT2D eigenvalue weighted by Crippen LogP contribution is 2.32. The summed E-state index contributed by atoms with van der Waals surface area (Å²) in [6.45, 7) is 1.94. The van der Waals surface area contributed by atoms with E-state index in [-0.39, 0.29) is 5.91 Å². The van der Waals surface area contributed by atoms with E-state index in [1.807, 2.05) is 60.0 Å². The largest absolute Gasteiger partial charge is 0.493 e. The van der Waals surface area contributed by atoms with Gasteiger partial charge in [-0.25, -0.2) is 9.50 Å². The molecule has 2 heterocycles. The van der Waals surface area contributed by atoms with Crippen LogP contribution in [0.2, 0.25) is 0 Å². The molecule has 2 aromatic heterocycles. The van der Waals surface area contributed by atoms with Crippen LogP contribution in [0.3, 0.4) is 0 Å². The Morgan fingerprint density at radius 3 is 2.50 bits per heavy atom. The van der Waals surface area contributed by atoms with Crippen molar-refractivity contribution < 1.29 is 14.3 Å². The van der Waals surface area contributed by atoms with Crippen LogP contribution in [0.25, 0.3) is 28.2 Å². The first-order chi connectivity index (χ1) is 14.5. The quantitative estimate of drug-likeness (QED) is 0.550. The summed E-state index contributed by atoms with van der Waals surface area (Å²) in [6, 6.07) is 17.0. The van der Waals surface area contributed by atoms with E-state index in [0.29, 0.717) is 17.1 Å². The van der Waals surface area contributed by atoms with Crippen molar-refractivity contribution in [2.45, 2.75) is 6.92 Å². The molecule has 0 fully saturated rings. The number of nitrogens with zero attached hydrogens (tertiary/aromatic N) is 3. The Balaban J connectivity index is 1.86. The third kappa shape index (κ3) is 3.34. The van der Waals surface area contributed by atoms with Crippen LogP contribution in [-0.2, 0) is 0 Å². The lowest BCUT2D eigenvalue weighted by molar-refractivity contribution is 0.0963. The van der Waals surface area contributed by atoms with E-state index in [1.54, 1.807) is 27.3 Å². The summed E-state index contributed by atoms with van der Waals surface area (Å²) < 4.78 is 12.6. The van der Waals surface area contributed by atoms with Gasteiger partial charge in [0.2, 0.25) is 0 Å². The third-order valence-electron chi connectivity index (χ3n) is 4.96. The molecular weight excluding hydrogens is 380 g/mol. The summed E-state index contributed by atoms with van der Waals surface area (Å²) in [5, 5.41) is 7.48. The van der Waals surface area contributed by atoms with Crippen LogP contribution in [0.15, 0.2) is 54.6 Å². The van der Waals surface area contributed by atoms with E-state index in [9.17, 15) is 4.79 Å². The maximum Gasteiger partial charge on any atom is 0.251 e. The number of ether oxygens (including phenoxy) is 2. The summed E-state index contributed by atoms with van der Waals surface area (Å²) in [5.41, 5.74) is 5.53. The van der Waals surface area contributed by atoms with Gasteiger partial charge in [0.25, 0.3) is 5.91 Å². The highest BCUT2D eigenvalue weighted by molar-refractivity contribution is 5.95. The van der Waals surface area contributed by atoms with E-state index in [1.165, 1.54) is 0 Å². The van der Waals surface area contributed by atoms with Crippen molar-refractivity contribution in [2.75, 3.05) is 21.3 Å². The zero-order valence-electron chi connectivity index (χ0n) is 17.3. The minimum absolute atomic E-state index is 0.137. The van der Waals surface area contributed by atoms with Gasteiger partial charge in [-0.1, -0.05) is 12.1 Å². The second-order valence-electron chi connectivity index (χ2n) is 6.76. The Kier molecular flexibility index (Phi) is 5.10. The minimum Gasteiger partial charge on any atom is -0.493 e. The highest BCUT2D eigenvalue weighted by Gasteiger charge is 2.15. The van der Waals surface area contributed by atoms with Crippen LogP contribution in [-0.4, -0.2) is 41.8 Å². The van der Waals surface area contributed by atoms with Gasteiger partial charge in [0.1, 0.15) is 0 Å². The van der Waals surface area contributed by atoms with Crippen LogP contribution in [0.5, 0.6) is 11.5 Å². The molecular formula is C23H22N4O3. The summed E-state index contributed by atoms with van der Waals surface area (Å²) in [7, 11) is 4.83. The van der Waals surface area contributed by atoms with E-state index >= 15 is 0 Å². The average molecular weight is 402 g/mol. The second kappa shape index (κ2) is 7.87. The molecule has 152 valence electrons. The number of nitrogens with one attached hydrogen (secondary N) is 1. The Morgan fingerprint density at radius 2 is 1.77 bits per heavy atom. The molecule has 0 atom stereocenters. The molecule has 1 N–H and O–H groups in total.